The molecule has 0 spiro atoms. The lowest BCUT2D eigenvalue weighted by Crippen LogP contribution is -2.52. The highest BCUT2D eigenvalue weighted by molar-refractivity contribution is 5.93. The Labute approximate surface area is 189 Å². The summed E-state index contributed by atoms with van der Waals surface area (Å²) in [5, 5.41) is 5.13. The summed E-state index contributed by atoms with van der Waals surface area (Å²) >= 11 is 0. The van der Waals surface area contributed by atoms with Crippen LogP contribution in [-0.2, 0) is 23.9 Å². The summed E-state index contributed by atoms with van der Waals surface area (Å²) in [6.45, 7) is 8.72. The van der Waals surface area contributed by atoms with Crippen LogP contribution in [0, 0.1) is 5.92 Å². The smallest absolute Gasteiger partial charge is 0.408 e. The number of carbonyl (C=O) groups is 4. The summed E-state index contributed by atoms with van der Waals surface area (Å²) in [5.74, 6) is -1.51. The Morgan fingerprint density at radius 1 is 1.06 bits per heavy atom. The fourth-order valence-electron chi connectivity index (χ4n) is 3.03. The van der Waals surface area contributed by atoms with Crippen LogP contribution < -0.4 is 10.6 Å². The van der Waals surface area contributed by atoms with E-state index in [1.54, 1.807) is 51.1 Å². The molecule has 0 heterocycles. The number of hydrogen-bond donors (Lipinski definition) is 2. The minimum atomic E-state index is -1.01. The largest absolute Gasteiger partial charge is 0.468 e. The van der Waals surface area contributed by atoms with Gasteiger partial charge in [0.2, 0.25) is 11.8 Å². The van der Waals surface area contributed by atoms with E-state index in [-0.39, 0.29) is 12.5 Å². The first-order chi connectivity index (χ1) is 14.9. The molecule has 0 radical (unpaired) electrons. The molecule has 32 heavy (non-hydrogen) atoms. The second-order valence-corrected chi connectivity index (χ2v) is 8.88. The van der Waals surface area contributed by atoms with Crippen LogP contribution in [0.4, 0.5) is 4.79 Å². The molecule has 0 aromatic heterocycles. The van der Waals surface area contributed by atoms with E-state index in [4.69, 9.17) is 4.74 Å². The Hall–Kier alpha value is -3.10. The first kappa shape index (κ1) is 26.9. The van der Waals surface area contributed by atoms with E-state index >= 15 is 0 Å². The predicted octanol–water partition coefficient (Wildman–Crippen LogP) is 2.41. The zero-order valence-electron chi connectivity index (χ0n) is 19.9. The molecule has 0 aliphatic rings. The van der Waals surface area contributed by atoms with Gasteiger partial charge in [-0.25, -0.2) is 4.79 Å². The van der Waals surface area contributed by atoms with Gasteiger partial charge in [0.25, 0.3) is 0 Å². The first-order valence-corrected chi connectivity index (χ1v) is 10.5. The molecule has 178 valence electrons. The van der Waals surface area contributed by atoms with E-state index in [1.807, 2.05) is 13.8 Å². The van der Waals surface area contributed by atoms with E-state index in [0.717, 1.165) is 0 Å². The number of benzene rings is 1. The van der Waals surface area contributed by atoms with Crippen LogP contribution in [0.25, 0.3) is 0 Å². The molecule has 0 aliphatic heterocycles. The molecule has 9 nitrogen and oxygen atoms in total. The number of likely N-dealkylation sites (N-methyl/N-ethyl adjacent to an activating group) is 1. The molecular formula is C23H35N3O6. The highest BCUT2D eigenvalue weighted by atomic mass is 16.6. The van der Waals surface area contributed by atoms with Crippen molar-refractivity contribution in [2.45, 2.75) is 58.7 Å². The van der Waals surface area contributed by atoms with Gasteiger partial charge >= 0.3 is 12.1 Å². The van der Waals surface area contributed by atoms with Crippen molar-refractivity contribution in [2.24, 2.45) is 5.92 Å². The van der Waals surface area contributed by atoms with E-state index in [1.165, 1.54) is 19.1 Å². The maximum atomic E-state index is 13.4. The Bertz CT molecular complexity index is 789. The summed E-state index contributed by atoms with van der Waals surface area (Å²) < 4.78 is 9.86. The number of amides is 3. The average molecular weight is 450 g/mol. The molecule has 0 bridgehead atoms. The standard InChI is InChI=1S/C23H35N3O6/c1-15(2)13-17(25-22(30)32-23(3,4)5)21(29)26(6)19(16-11-9-8-10-12-16)20(28)24-14-18(27)31-7/h8-12,15,17,19H,13-14H2,1-7H3,(H,24,28)(H,25,30). The van der Waals surface area contributed by atoms with Crippen molar-refractivity contribution in [1.82, 2.24) is 15.5 Å². The molecule has 0 saturated heterocycles. The summed E-state index contributed by atoms with van der Waals surface area (Å²) in [6.07, 6.45) is -0.357. The quantitative estimate of drug-likeness (QED) is 0.560. The van der Waals surface area contributed by atoms with Crippen molar-refractivity contribution in [2.75, 3.05) is 20.7 Å². The molecule has 3 amide bonds. The van der Waals surface area contributed by atoms with Gasteiger partial charge in [0, 0.05) is 7.05 Å². The molecule has 1 aromatic carbocycles. The van der Waals surface area contributed by atoms with Gasteiger partial charge < -0.3 is 25.0 Å². The fourth-order valence-corrected chi connectivity index (χ4v) is 3.03. The van der Waals surface area contributed by atoms with Crippen LogP contribution >= 0.6 is 0 Å². The monoisotopic (exact) mass is 449 g/mol. The summed E-state index contributed by atoms with van der Waals surface area (Å²) in [5.41, 5.74) is -0.159. The van der Waals surface area contributed by atoms with Crippen LogP contribution in [0.5, 0.6) is 0 Å². The Balaban J connectivity index is 3.15. The lowest BCUT2D eigenvalue weighted by atomic mass is 10.00. The van der Waals surface area contributed by atoms with E-state index in [2.05, 4.69) is 15.4 Å². The molecule has 9 heteroatoms. The van der Waals surface area contributed by atoms with E-state index in [9.17, 15) is 19.2 Å². The minimum absolute atomic E-state index is 0.0932. The highest BCUT2D eigenvalue weighted by Gasteiger charge is 2.34. The van der Waals surface area contributed by atoms with Gasteiger partial charge in [-0.15, -0.1) is 0 Å². The summed E-state index contributed by atoms with van der Waals surface area (Å²) in [4.78, 5) is 51.4. The maximum Gasteiger partial charge on any atom is 0.408 e. The third kappa shape index (κ3) is 8.95. The molecule has 2 unspecified atom stereocenters. The molecule has 1 aromatic rings. The third-order valence-electron chi connectivity index (χ3n) is 4.43. The SMILES string of the molecule is COC(=O)CNC(=O)C(c1ccccc1)N(C)C(=O)C(CC(C)C)NC(=O)OC(C)(C)C. The number of carbonyl (C=O) groups excluding carboxylic acids is 4. The second-order valence-electron chi connectivity index (χ2n) is 8.88. The van der Waals surface area contributed by atoms with Crippen LogP contribution in [0.15, 0.2) is 30.3 Å². The van der Waals surface area contributed by atoms with Gasteiger partial charge in [-0.3, -0.25) is 14.4 Å². The van der Waals surface area contributed by atoms with E-state index < -0.39 is 41.6 Å². The number of nitrogens with zero attached hydrogens (tertiary/aromatic N) is 1. The fraction of sp³-hybridized carbons (Fsp3) is 0.565. The van der Waals surface area contributed by atoms with Gasteiger partial charge in [-0.2, -0.15) is 0 Å². The molecule has 0 aliphatic carbocycles. The number of nitrogens with one attached hydrogen (secondary N) is 2. The topological polar surface area (TPSA) is 114 Å². The van der Waals surface area contributed by atoms with Crippen LogP contribution in [0.1, 0.15) is 52.6 Å². The van der Waals surface area contributed by atoms with Gasteiger partial charge in [-0.05, 0) is 38.7 Å². The van der Waals surface area contributed by atoms with Crippen molar-refractivity contribution in [3.05, 3.63) is 35.9 Å². The lowest BCUT2D eigenvalue weighted by molar-refractivity contribution is -0.144. The van der Waals surface area contributed by atoms with Crippen LogP contribution in [0.3, 0.4) is 0 Å². The highest BCUT2D eigenvalue weighted by Crippen LogP contribution is 2.22. The van der Waals surface area contributed by atoms with Crippen LogP contribution in [0.2, 0.25) is 0 Å². The number of hydrogen-bond acceptors (Lipinski definition) is 6. The van der Waals surface area contributed by atoms with Gasteiger partial charge in [0.15, 0.2) is 0 Å². The van der Waals surface area contributed by atoms with Gasteiger partial charge in [-0.1, -0.05) is 44.2 Å². The molecule has 1 rings (SSSR count). The second kappa shape index (κ2) is 12.1. The number of ether oxygens (including phenoxy) is 2. The minimum Gasteiger partial charge on any atom is -0.468 e. The van der Waals surface area contributed by atoms with Crippen molar-refractivity contribution < 1.29 is 28.7 Å². The van der Waals surface area contributed by atoms with Crippen molar-refractivity contribution >= 4 is 23.9 Å². The summed E-state index contributed by atoms with van der Waals surface area (Å²) in [6, 6.07) is 6.81. The first-order valence-electron chi connectivity index (χ1n) is 10.5. The van der Waals surface area contributed by atoms with Crippen LogP contribution in [-0.4, -0.2) is 61.1 Å². The lowest BCUT2D eigenvalue weighted by Gasteiger charge is -2.32. The number of methoxy groups -OCH3 is 1. The maximum absolute atomic E-state index is 13.4. The number of esters is 1. The zero-order valence-corrected chi connectivity index (χ0v) is 19.9. The van der Waals surface area contributed by atoms with E-state index in [0.29, 0.717) is 12.0 Å². The third-order valence-corrected chi connectivity index (χ3v) is 4.43. The Morgan fingerprint density at radius 2 is 1.66 bits per heavy atom. The Kier molecular flexibility index (Phi) is 10.2. The molecule has 2 atom stereocenters. The number of rotatable bonds is 9. The molecule has 0 saturated carbocycles. The Morgan fingerprint density at radius 3 is 2.16 bits per heavy atom. The zero-order chi connectivity index (χ0) is 24.5. The normalized spacial score (nSPS) is 13.0. The molecule has 2 N–H and O–H groups in total. The van der Waals surface area contributed by atoms with Crippen molar-refractivity contribution in [1.29, 1.82) is 0 Å². The molecular weight excluding hydrogens is 414 g/mol. The summed E-state index contributed by atoms with van der Waals surface area (Å²) in [7, 11) is 2.71. The number of alkyl carbamates (subject to hydrolysis) is 1. The average Bonchev–Trinajstić information content (AvgIpc) is 2.70. The van der Waals surface area contributed by atoms with Crippen molar-refractivity contribution in [3.8, 4) is 0 Å². The van der Waals surface area contributed by atoms with Gasteiger partial charge in [0.1, 0.15) is 24.2 Å². The predicted molar refractivity (Wildman–Crippen MR) is 120 cm³/mol. The van der Waals surface area contributed by atoms with Gasteiger partial charge in [0.05, 0.1) is 7.11 Å². The molecule has 0 fully saturated rings. The van der Waals surface area contributed by atoms with Crippen molar-refractivity contribution in [3.63, 3.8) is 0 Å².